The SMILES string of the molecule is CC1C[C@@]2(O)[C@H]3Cc4ccc(O)cc4[C@]2(CCN1C(=O)Cc1ccccn1)CCN3CC1CC1. The van der Waals surface area contributed by atoms with Crippen molar-refractivity contribution in [2.24, 2.45) is 5.92 Å². The van der Waals surface area contributed by atoms with Crippen LogP contribution in [0.3, 0.4) is 0 Å². The van der Waals surface area contributed by atoms with Crippen LogP contribution in [-0.4, -0.2) is 68.2 Å². The van der Waals surface area contributed by atoms with Crippen LogP contribution < -0.4 is 0 Å². The molecule has 1 aromatic heterocycles. The number of fused-ring (bicyclic) bond motifs is 1. The van der Waals surface area contributed by atoms with Crippen LogP contribution in [0.1, 0.15) is 55.8 Å². The van der Waals surface area contributed by atoms with Gasteiger partial charge in [-0.3, -0.25) is 14.7 Å². The van der Waals surface area contributed by atoms with Crippen LogP contribution in [0.15, 0.2) is 42.6 Å². The number of nitrogens with zero attached hydrogens (tertiary/aromatic N) is 3. The number of carbonyl (C=O) groups excluding carboxylic acids is 1. The van der Waals surface area contributed by atoms with E-state index in [1.165, 1.54) is 18.4 Å². The zero-order chi connectivity index (χ0) is 23.5. The van der Waals surface area contributed by atoms with E-state index in [0.717, 1.165) is 43.1 Å². The molecule has 6 heteroatoms. The van der Waals surface area contributed by atoms with Gasteiger partial charge >= 0.3 is 0 Å². The molecule has 1 amide bonds. The molecular weight excluding hydrogens is 426 g/mol. The summed E-state index contributed by atoms with van der Waals surface area (Å²) in [5.74, 6) is 1.09. The van der Waals surface area contributed by atoms with Gasteiger partial charge in [-0.2, -0.15) is 0 Å². The summed E-state index contributed by atoms with van der Waals surface area (Å²) in [4.78, 5) is 22.3. The van der Waals surface area contributed by atoms with Crippen molar-refractivity contribution in [1.82, 2.24) is 14.8 Å². The summed E-state index contributed by atoms with van der Waals surface area (Å²) in [5.41, 5.74) is 1.75. The predicted molar refractivity (Wildman–Crippen MR) is 129 cm³/mol. The molecule has 6 nitrogen and oxygen atoms in total. The van der Waals surface area contributed by atoms with Crippen LogP contribution in [0.25, 0.3) is 0 Å². The van der Waals surface area contributed by atoms with E-state index in [0.29, 0.717) is 19.4 Å². The smallest absolute Gasteiger partial charge is 0.228 e. The van der Waals surface area contributed by atoms with Gasteiger partial charge in [-0.05, 0) is 93.3 Å². The highest BCUT2D eigenvalue weighted by Gasteiger charge is 2.64. The van der Waals surface area contributed by atoms with Crippen LogP contribution in [-0.2, 0) is 23.1 Å². The van der Waals surface area contributed by atoms with E-state index in [2.05, 4.69) is 22.9 Å². The number of phenolic OH excluding ortho intramolecular Hbond substituents is 1. The summed E-state index contributed by atoms with van der Waals surface area (Å²) in [7, 11) is 0. The van der Waals surface area contributed by atoms with Crippen molar-refractivity contribution in [2.75, 3.05) is 19.6 Å². The fourth-order valence-corrected chi connectivity index (χ4v) is 7.27. The van der Waals surface area contributed by atoms with Gasteiger partial charge in [0.25, 0.3) is 0 Å². The van der Waals surface area contributed by atoms with E-state index < -0.39 is 11.0 Å². The average Bonchev–Trinajstić information content (AvgIpc) is 3.63. The van der Waals surface area contributed by atoms with Gasteiger partial charge in [0.15, 0.2) is 0 Å². The Balaban J connectivity index is 1.37. The lowest BCUT2D eigenvalue weighted by Crippen LogP contribution is -2.71. The van der Waals surface area contributed by atoms with Crippen molar-refractivity contribution >= 4 is 5.91 Å². The molecule has 0 radical (unpaired) electrons. The summed E-state index contributed by atoms with van der Waals surface area (Å²) >= 11 is 0. The molecule has 1 unspecified atom stereocenters. The van der Waals surface area contributed by atoms with Crippen molar-refractivity contribution in [3.8, 4) is 5.75 Å². The van der Waals surface area contributed by atoms with Gasteiger partial charge in [0, 0.05) is 42.5 Å². The number of piperidine rings is 1. The van der Waals surface area contributed by atoms with Gasteiger partial charge in [0.1, 0.15) is 5.75 Å². The minimum absolute atomic E-state index is 0.0483. The monoisotopic (exact) mass is 461 g/mol. The summed E-state index contributed by atoms with van der Waals surface area (Å²) in [5, 5.41) is 23.1. The first-order chi connectivity index (χ1) is 16.4. The number of benzene rings is 1. The Morgan fingerprint density at radius 1 is 1.18 bits per heavy atom. The van der Waals surface area contributed by atoms with Crippen molar-refractivity contribution in [1.29, 1.82) is 0 Å². The Morgan fingerprint density at radius 3 is 2.76 bits per heavy atom. The third-order valence-corrected chi connectivity index (χ3v) is 9.16. The summed E-state index contributed by atoms with van der Waals surface area (Å²) in [6, 6.07) is 11.4. The Kier molecular flexibility index (Phi) is 5.23. The molecule has 4 aliphatic rings. The van der Waals surface area contributed by atoms with E-state index in [1.807, 2.05) is 29.2 Å². The number of aromatic nitrogens is 1. The molecule has 6 rings (SSSR count). The third-order valence-electron chi connectivity index (χ3n) is 9.16. The normalized spacial score (nSPS) is 33.1. The number of phenols is 1. The molecule has 2 saturated heterocycles. The molecule has 3 heterocycles. The van der Waals surface area contributed by atoms with E-state index in [4.69, 9.17) is 0 Å². The molecule has 1 saturated carbocycles. The number of hydrogen-bond donors (Lipinski definition) is 2. The van der Waals surface area contributed by atoms with Crippen LogP contribution >= 0.6 is 0 Å². The fourth-order valence-electron chi connectivity index (χ4n) is 7.27. The Morgan fingerprint density at radius 2 is 2.00 bits per heavy atom. The maximum absolute atomic E-state index is 13.4. The lowest BCUT2D eigenvalue weighted by molar-refractivity contribution is -0.153. The second-order valence-corrected chi connectivity index (χ2v) is 11.1. The first kappa shape index (κ1) is 22.1. The number of rotatable bonds is 4. The van der Waals surface area contributed by atoms with Crippen LogP contribution in [0.2, 0.25) is 0 Å². The maximum atomic E-state index is 13.4. The summed E-state index contributed by atoms with van der Waals surface area (Å²) < 4.78 is 0. The maximum Gasteiger partial charge on any atom is 0.228 e. The number of amides is 1. The third kappa shape index (κ3) is 3.45. The largest absolute Gasteiger partial charge is 0.508 e. The zero-order valence-corrected chi connectivity index (χ0v) is 20.0. The first-order valence-electron chi connectivity index (χ1n) is 12.9. The molecule has 2 bridgehead atoms. The second kappa shape index (κ2) is 8.06. The number of pyridine rings is 1. The highest BCUT2D eigenvalue weighted by molar-refractivity contribution is 5.78. The Labute approximate surface area is 201 Å². The summed E-state index contributed by atoms with van der Waals surface area (Å²) in [6.07, 6.45) is 7.53. The Bertz CT molecular complexity index is 1090. The molecule has 2 N–H and O–H groups in total. The lowest BCUT2D eigenvalue weighted by atomic mass is 9.52. The molecule has 180 valence electrons. The van der Waals surface area contributed by atoms with E-state index in [-0.39, 0.29) is 30.2 Å². The molecule has 0 spiro atoms. The minimum atomic E-state index is -0.930. The molecule has 2 aromatic rings. The minimum Gasteiger partial charge on any atom is -0.508 e. The topological polar surface area (TPSA) is 76.9 Å². The Hall–Kier alpha value is -2.44. The number of aromatic hydroxyl groups is 1. The summed E-state index contributed by atoms with van der Waals surface area (Å²) in [6.45, 7) is 4.73. The lowest BCUT2D eigenvalue weighted by Gasteiger charge is -2.61. The quantitative estimate of drug-likeness (QED) is 0.732. The molecule has 3 fully saturated rings. The molecule has 2 aliphatic carbocycles. The van der Waals surface area contributed by atoms with Crippen molar-refractivity contribution in [3.63, 3.8) is 0 Å². The van der Waals surface area contributed by atoms with Gasteiger partial charge in [0.05, 0.1) is 12.0 Å². The van der Waals surface area contributed by atoms with E-state index >= 15 is 0 Å². The zero-order valence-electron chi connectivity index (χ0n) is 20.0. The number of aliphatic hydroxyl groups is 1. The van der Waals surface area contributed by atoms with E-state index in [9.17, 15) is 15.0 Å². The van der Waals surface area contributed by atoms with Crippen LogP contribution in [0.4, 0.5) is 0 Å². The van der Waals surface area contributed by atoms with Gasteiger partial charge in [-0.1, -0.05) is 12.1 Å². The van der Waals surface area contributed by atoms with Crippen molar-refractivity contribution < 1.29 is 15.0 Å². The fraction of sp³-hybridized carbons (Fsp3) is 0.571. The van der Waals surface area contributed by atoms with E-state index in [1.54, 1.807) is 12.3 Å². The number of likely N-dealkylation sites (tertiary alicyclic amines) is 2. The molecule has 4 atom stereocenters. The second-order valence-electron chi connectivity index (χ2n) is 11.1. The standard InChI is InChI=1S/C28H35N3O3/c1-19-17-28(34)25-14-21-7-8-23(32)16-24(21)27(28,9-12-30(25)18-20-5-6-20)10-13-31(19)26(33)15-22-4-2-3-11-29-22/h2-4,7-8,11,16,19-20,25,32,34H,5-6,9-10,12-15,17-18H2,1H3/t19?,25-,27-,28-/m1/s1. The van der Waals surface area contributed by atoms with Crippen LogP contribution in [0, 0.1) is 5.92 Å². The average molecular weight is 462 g/mol. The van der Waals surface area contributed by atoms with Gasteiger partial charge < -0.3 is 15.1 Å². The number of hydrogen-bond acceptors (Lipinski definition) is 5. The van der Waals surface area contributed by atoms with Crippen molar-refractivity contribution in [3.05, 3.63) is 59.4 Å². The highest BCUT2D eigenvalue weighted by Crippen LogP contribution is 2.57. The molecule has 34 heavy (non-hydrogen) atoms. The van der Waals surface area contributed by atoms with Crippen LogP contribution in [0.5, 0.6) is 5.75 Å². The van der Waals surface area contributed by atoms with Gasteiger partial charge in [-0.15, -0.1) is 0 Å². The predicted octanol–water partition coefficient (Wildman–Crippen LogP) is 3.05. The van der Waals surface area contributed by atoms with Gasteiger partial charge in [0.2, 0.25) is 5.91 Å². The number of carbonyl (C=O) groups is 1. The van der Waals surface area contributed by atoms with Crippen molar-refractivity contribution in [2.45, 2.75) is 75.0 Å². The van der Waals surface area contributed by atoms with Gasteiger partial charge in [-0.25, -0.2) is 0 Å². The molecule has 1 aromatic carbocycles. The first-order valence-corrected chi connectivity index (χ1v) is 12.9. The molecule has 2 aliphatic heterocycles. The highest BCUT2D eigenvalue weighted by atomic mass is 16.3. The molecular formula is C28H35N3O3.